The average Bonchev–Trinajstić information content (AvgIpc) is 2.52. The van der Waals surface area contributed by atoms with Crippen LogP contribution in [0.15, 0.2) is 54.1 Å². The van der Waals surface area contributed by atoms with Gasteiger partial charge in [0.05, 0.1) is 5.56 Å². The highest BCUT2D eigenvalue weighted by atomic mass is 19.4. The van der Waals surface area contributed by atoms with Crippen LogP contribution in [0.1, 0.15) is 27.0 Å². The summed E-state index contributed by atoms with van der Waals surface area (Å²) in [6, 6.07) is 13.0. The highest BCUT2D eigenvalue weighted by molar-refractivity contribution is 6.14. The van der Waals surface area contributed by atoms with Gasteiger partial charge in [-0.15, -0.1) is 0 Å². The van der Waals surface area contributed by atoms with Gasteiger partial charge < -0.3 is 0 Å². The molecule has 0 saturated heterocycles. The summed E-state index contributed by atoms with van der Waals surface area (Å²) in [7, 11) is 0. The second-order valence-electron chi connectivity index (χ2n) is 4.95. The van der Waals surface area contributed by atoms with E-state index in [1.54, 1.807) is 30.3 Å². The molecular formula is C18H12F3NO. The molecule has 116 valence electrons. The van der Waals surface area contributed by atoms with Crippen molar-refractivity contribution in [3.05, 3.63) is 76.4 Å². The molecule has 0 unspecified atom stereocenters. The number of aryl methyl sites for hydroxylation is 1. The molecule has 0 aliphatic carbocycles. The maximum atomic E-state index is 13.0. The molecule has 0 saturated carbocycles. The third-order valence-electron chi connectivity index (χ3n) is 3.24. The van der Waals surface area contributed by atoms with Crippen molar-refractivity contribution in [2.45, 2.75) is 13.1 Å². The van der Waals surface area contributed by atoms with Crippen LogP contribution < -0.4 is 0 Å². The standard InChI is InChI=1S/C18H12F3NO/c1-12-6-8-13(9-7-12)17(23)15(11-22)10-14-4-2-3-5-16(14)18(19,20)21/h2-10H,1H3. The van der Waals surface area contributed by atoms with Gasteiger partial charge in [0.2, 0.25) is 5.78 Å². The number of ketones is 1. The first-order valence-electron chi connectivity index (χ1n) is 6.72. The van der Waals surface area contributed by atoms with Gasteiger partial charge in [-0.3, -0.25) is 4.79 Å². The normalized spacial score (nSPS) is 11.9. The molecule has 0 fully saturated rings. The van der Waals surface area contributed by atoms with E-state index in [0.717, 1.165) is 17.7 Å². The largest absolute Gasteiger partial charge is 0.416 e. The lowest BCUT2D eigenvalue weighted by atomic mass is 9.99. The first-order chi connectivity index (χ1) is 10.8. The lowest BCUT2D eigenvalue weighted by Gasteiger charge is -2.10. The molecule has 0 heterocycles. The summed E-state index contributed by atoms with van der Waals surface area (Å²) >= 11 is 0. The number of nitrogens with zero attached hydrogens (tertiary/aromatic N) is 1. The molecule has 0 spiro atoms. The van der Waals surface area contributed by atoms with Crippen LogP contribution in [0.2, 0.25) is 0 Å². The van der Waals surface area contributed by atoms with Crippen LogP contribution >= 0.6 is 0 Å². The number of carbonyl (C=O) groups is 1. The van der Waals surface area contributed by atoms with Crippen LogP contribution in [-0.2, 0) is 6.18 Å². The maximum absolute atomic E-state index is 13.0. The fraction of sp³-hybridized carbons (Fsp3) is 0.111. The maximum Gasteiger partial charge on any atom is 0.416 e. The lowest BCUT2D eigenvalue weighted by molar-refractivity contribution is -0.137. The Kier molecular flexibility index (Phi) is 4.65. The quantitative estimate of drug-likeness (QED) is 0.463. The third-order valence-corrected chi connectivity index (χ3v) is 3.24. The summed E-state index contributed by atoms with van der Waals surface area (Å²) in [6.07, 6.45) is -3.58. The Bertz CT molecular complexity index is 796. The Labute approximate surface area is 131 Å². The van der Waals surface area contributed by atoms with Crippen LogP contribution in [0.4, 0.5) is 13.2 Å². The van der Waals surface area contributed by atoms with Gasteiger partial charge in [-0.25, -0.2) is 0 Å². The number of halogens is 3. The molecule has 0 atom stereocenters. The van der Waals surface area contributed by atoms with Gasteiger partial charge in [0.1, 0.15) is 11.6 Å². The van der Waals surface area contributed by atoms with Gasteiger partial charge in [-0.05, 0) is 24.6 Å². The summed E-state index contributed by atoms with van der Waals surface area (Å²) in [5.74, 6) is -0.607. The Morgan fingerprint density at radius 2 is 1.70 bits per heavy atom. The highest BCUT2D eigenvalue weighted by Crippen LogP contribution is 2.33. The number of hydrogen-bond donors (Lipinski definition) is 0. The Hall–Kier alpha value is -2.87. The van der Waals surface area contributed by atoms with Gasteiger partial charge in [-0.2, -0.15) is 18.4 Å². The van der Waals surface area contributed by atoms with Crippen molar-refractivity contribution in [2.75, 3.05) is 0 Å². The topological polar surface area (TPSA) is 40.9 Å². The molecule has 2 aromatic carbocycles. The van der Waals surface area contributed by atoms with Gasteiger partial charge in [0.15, 0.2) is 0 Å². The molecule has 2 aromatic rings. The summed E-state index contributed by atoms with van der Waals surface area (Å²) in [5.41, 5.74) is -0.244. The lowest BCUT2D eigenvalue weighted by Crippen LogP contribution is -2.08. The minimum Gasteiger partial charge on any atom is -0.288 e. The summed E-state index contributed by atoms with van der Waals surface area (Å²) in [5, 5.41) is 9.15. The van der Waals surface area contributed by atoms with E-state index in [4.69, 9.17) is 5.26 Å². The van der Waals surface area contributed by atoms with Crippen molar-refractivity contribution in [1.29, 1.82) is 5.26 Å². The predicted octanol–water partition coefficient (Wildman–Crippen LogP) is 4.80. The van der Waals surface area contributed by atoms with Crippen LogP contribution in [0.5, 0.6) is 0 Å². The minimum atomic E-state index is -4.55. The molecule has 0 radical (unpaired) electrons. The summed E-state index contributed by atoms with van der Waals surface area (Å²) in [6.45, 7) is 1.84. The predicted molar refractivity (Wildman–Crippen MR) is 80.5 cm³/mol. The molecule has 0 bridgehead atoms. The van der Waals surface area contributed by atoms with Gasteiger partial charge in [-0.1, -0.05) is 48.0 Å². The molecule has 5 heteroatoms. The molecule has 0 amide bonds. The molecule has 0 aliphatic rings. The second-order valence-corrected chi connectivity index (χ2v) is 4.95. The van der Waals surface area contributed by atoms with Crippen molar-refractivity contribution in [3.63, 3.8) is 0 Å². The molecule has 2 rings (SSSR count). The van der Waals surface area contributed by atoms with Crippen LogP contribution in [0.3, 0.4) is 0 Å². The third kappa shape index (κ3) is 3.86. The number of allylic oxidation sites excluding steroid dienone is 1. The fourth-order valence-corrected chi connectivity index (χ4v) is 2.05. The molecule has 0 N–H and O–H groups in total. The number of hydrogen-bond acceptors (Lipinski definition) is 2. The molecule has 2 nitrogen and oxygen atoms in total. The molecular weight excluding hydrogens is 303 g/mol. The number of rotatable bonds is 3. The van der Waals surface area contributed by atoms with E-state index in [1.165, 1.54) is 18.2 Å². The van der Waals surface area contributed by atoms with Crippen LogP contribution in [0, 0.1) is 18.3 Å². The van der Waals surface area contributed by atoms with Gasteiger partial charge >= 0.3 is 6.18 Å². The van der Waals surface area contributed by atoms with Crippen molar-refractivity contribution >= 4 is 11.9 Å². The SMILES string of the molecule is Cc1ccc(C(=O)C(C#N)=Cc2ccccc2C(F)(F)F)cc1. The Morgan fingerprint density at radius 3 is 2.26 bits per heavy atom. The fourth-order valence-electron chi connectivity index (χ4n) is 2.05. The van der Waals surface area contributed by atoms with Crippen LogP contribution in [-0.4, -0.2) is 5.78 Å². The monoisotopic (exact) mass is 315 g/mol. The molecule has 0 aliphatic heterocycles. The zero-order valence-corrected chi connectivity index (χ0v) is 12.2. The number of nitriles is 1. The number of carbonyl (C=O) groups excluding carboxylic acids is 1. The van der Waals surface area contributed by atoms with E-state index in [-0.39, 0.29) is 16.7 Å². The smallest absolute Gasteiger partial charge is 0.288 e. The number of Topliss-reactive ketones (excluding diaryl/α,β-unsaturated/α-hetero) is 1. The van der Waals surface area contributed by atoms with E-state index in [9.17, 15) is 18.0 Å². The zero-order chi connectivity index (χ0) is 17.0. The molecule has 23 heavy (non-hydrogen) atoms. The number of alkyl halides is 3. The van der Waals surface area contributed by atoms with E-state index in [2.05, 4.69) is 0 Å². The van der Waals surface area contributed by atoms with Gasteiger partial charge in [0.25, 0.3) is 0 Å². The van der Waals surface area contributed by atoms with E-state index in [0.29, 0.717) is 0 Å². The number of benzene rings is 2. The average molecular weight is 315 g/mol. The Morgan fingerprint density at radius 1 is 1.09 bits per heavy atom. The van der Waals surface area contributed by atoms with Crippen LogP contribution in [0.25, 0.3) is 6.08 Å². The van der Waals surface area contributed by atoms with E-state index >= 15 is 0 Å². The second kappa shape index (κ2) is 6.49. The first-order valence-corrected chi connectivity index (χ1v) is 6.72. The van der Waals surface area contributed by atoms with Gasteiger partial charge in [0, 0.05) is 5.56 Å². The van der Waals surface area contributed by atoms with Crippen molar-refractivity contribution in [1.82, 2.24) is 0 Å². The minimum absolute atomic E-state index is 0.211. The molecule has 0 aromatic heterocycles. The highest BCUT2D eigenvalue weighted by Gasteiger charge is 2.32. The summed E-state index contributed by atoms with van der Waals surface area (Å²) in [4.78, 5) is 12.3. The first kappa shape index (κ1) is 16.5. The van der Waals surface area contributed by atoms with Crippen molar-refractivity contribution in [3.8, 4) is 6.07 Å². The zero-order valence-electron chi connectivity index (χ0n) is 12.2. The van der Waals surface area contributed by atoms with Crippen molar-refractivity contribution in [2.24, 2.45) is 0 Å². The summed E-state index contributed by atoms with van der Waals surface area (Å²) < 4.78 is 38.9. The van der Waals surface area contributed by atoms with E-state index < -0.39 is 17.5 Å². The van der Waals surface area contributed by atoms with E-state index in [1.807, 2.05) is 6.92 Å². The Balaban J connectivity index is 2.46. The van der Waals surface area contributed by atoms with Crippen molar-refractivity contribution < 1.29 is 18.0 Å².